The zero-order valence-corrected chi connectivity index (χ0v) is 18.2. The van der Waals surface area contributed by atoms with Gasteiger partial charge in [-0.1, -0.05) is 30.3 Å². The monoisotopic (exact) mass is 438 g/mol. The van der Waals surface area contributed by atoms with Gasteiger partial charge in [-0.25, -0.2) is 9.78 Å². The Morgan fingerprint density at radius 3 is 2.83 bits per heavy atom. The topological polar surface area (TPSA) is 59.5 Å². The van der Waals surface area contributed by atoms with Gasteiger partial charge in [0, 0.05) is 28.3 Å². The van der Waals surface area contributed by atoms with E-state index in [4.69, 9.17) is 4.74 Å². The number of aryl methyl sites for hydroxylation is 1. The first-order valence-corrected chi connectivity index (χ1v) is 11.8. The number of para-hydroxylation sites is 1. The van der Waals surface area contributed by atoms with Crippen molar-refractivity contribution in [3.63, 3.8) is 0 Å². The van der Waals surface area contributed by atoms with Crippen LogP contribution in [0.2, 0.25) is 0 Å². The molecule has 4 rings (SSSR count). The summed E-state index contributed by atoms with van der Waals surface area (Å²) in [5.41, 5.74) is 5.30. The molecular formula is C23H22N2O3S2. The molecule has 1 atom stereocenters. The highest BCUT2D eigenvalue weighted by molar-refractivity contribution is 7.98. The number of carbonyl (C=O) groups excluding carboxylic acids is 2. The Hall–Kier alpha value is -2.64. The predicted molar refractivity (Wildman–Crippen MR) is 120 cm³/mol. The summed E-state index contributed by atoms with van der Waals surface area (Å²) < 4.78 is 5.59. The van der Waals surface area contributed by atoms with Crippen LogP contribution in [-0.2, 0) is 21.7 Å². The average Bonchev–Trinajstić information content (AvgIpc) is 3.30. The van der Waals surface area contributed by atoms with Gasteiger partial charge >= 0.3 is 5.97 Å². The molecule has 7 heteroatoms. The molecule has 154 valence electrons. The van der Waals surface area contributed by atoms with E-state index >= 15 is 0 Å². The first kappa shape index (κ1) is 20.6. The zero-order valence-electron chi connectivity index (χ0n) is 16.6. The first-order chi connectivity index (χ1) is 14.6. The number of aromatic nitrogens is 1. The van der Waals surface area contributed by atoms with Gasteiger partial charge in [0.1, 0.15) is 0 Å². The molecular weight excluding hydrogens is 416 g/mol. The number of hydrogen-bond acceptors (Lipinski definition) is 6. The van der Waals surface area contributed by atoms with Crippen LogP contribution in [-0.4, -0.2) is 29.5 Å². The lowest BCUT2D eigenvalue weighted by Crippen LogP contribution is -2.42. The molecule has 0 saturated heterocycles. The van der Waals surface area contributed by atoms with Gasteiger partial charge in [-0.15, -0.1) is 23.1 Å². The average molecular weight is 439 g/mol. The number of amides is 1. The minimum atomic E-state index is -0.861. The molecule has 1 aliphatic heterocycles. The Kier molecular flexibility index (Phi) is 6.50. The molecule has 0 fully saturated rings. The molecule has 5 nitrogen and oxygen atoms in total. The van der Waals surface area contributed by atoms with E-state index in [1.807, 2.05) is 41.8 Å². The van der Waals surface area contributed by atoms with Gasteiger partial charge in [0.05, 0.1) is 16.8 Å². The molecule has 0 saturated carbocycles. The smallest absolute Gasteiger partial charge is 0.340 e. The Morgan fingerprint density at radius 2 is 2.00 bits per heavy atom. The van der Waals surface area contributed by atoms with E-state index in [9.17, 15) is 9.59 Å². The number of anilines is 1. The number of thioether (sulfide) groups is 1. The second kappa shape index (κ2) is 9.45. The van der Waals surface area contributed by atoms with Crippen molar-refractivity contribution < 1.29 is 14.3 Å². The molecule has 1 amide bonds. The van der Waals surface area contributed by atoms with Crippen LogP contribution < -0.4 is 4.90 Å². The number of nitrogens with zero attached hydrogens (tertiary/aromatic N) is 2. The number of fused-ring (bicyclic) bond motifs is 1. The van der Waals surface area contributed by atoms with Crippen LogP contribution in [0.3, 0.4) is 0 Å². The van der Waals surface area contributed by atoms with Gasteiger partial charge < -0.3 is 9.64 Å². The maximum atomic E-state index is 13.0. The van der Waals surface area contributed by atoms with Gasteiger partial charge in [0.15, 0.2) is 6.10 Å². The molecule has 0 radical (unpaired) electrons. The van der Waals surface area contributed by atoms with Crippen LogP contribution in [0.25, 0.3) is 0 Å². The molecule has 2 aromatic carbocycles. The molecule has 0 N–H and O–H groups in total. The normalized spacial score (nSPS) is 14.1. The number of benzene rings is 2. The summed E-state index contributed by atoms with van der Waals surface area (Å²) in [6, 6.07) is 15.2. The highest BCUT2D eigenvalue weighted by Gasteiger charge is 2.29. The Bertz CT molecular complexity index is 1040. The van der Waals surface area contributed by atoms with E-state index in [2.05, 4.69) is 4.98 Å². The van der Waals surface area contributed by atoms with Crippen molar-refractivity contribution in [1.29, 1.82) is 0 Å². The van der Waals surface area contributed by atoms with E-state index in [0.29, 0.717) is 17.9 Å². The van der Waals surface area contributed by atoms with Gasteiger partial charge in [-0.2, -0.15) is 0 Å². The summed E-state index contributed by atoms with van der Waals surface area (Å²) in [6.07, 6.45) is 0.997. The number of thiazole rings is 1. The minimum absolute atomic E-state index is 0.192. The van der Waals surface area contributed by atoms with Crippen LogP contribution in [0, 0.1) is 0 Å². The number of esters is 1. The zero-order chi connectivity index (χ0) is 20.9. The molecule has 0 aliphatic carbocycles. The number of hydrogen-bond donors (Lipinski definition) is 0. The van der Waals surface area contributed by atoms with Crippen molar-refractivity contribution in [3.05, 3.63) is 76.2 Å². The summed E-state index contributed by atoms with van der Waals surface area (Å²) >= 11 is 3.08. The fourth-order valence-electron chi connectivity index (χ4n) is 3.48. The quantitative estimate of drug-likeness (QED) is 0.402. The predicted octanol–water partition coefficient (Wildman–Crippen LogP) is 4.96. The van der Waals surface area contributed by atoms with E-state index in [1.54, 1.807) is 40.8 Å². The first-order valence-electron chi connectivity index (χ1n) is 9.82. The van der Waals surface area contributed by atoms with Crippen LogP contribution in [0.4, 0.5) is 5.69 Å². The number of ether oxygens (including phenoxy) is 1. The SMILES string of the molecule is CC(OC(=O)c1ccccc1SCc1cscn1)C(=O)N1CCCc2ccccc21. The number of rotatable bonds is 6. The van der Waals surface area contributed by atoms with Crippen molar-refractivity contribution in [1.82, 2.24) is 4.98 Å². The minimum Gasteiger partial charge on any atom is -0.449 e. The third-order valence-electron chi connectivity index (χ3n) is 4.97. The van der Waals surface area contributed by atoms with E-state index in [-0.39, 0.29) is 5.91 Å². The van der Waals surface area contributed by atoms with Gasteiger partial charge in [0.25, 0.3) is 5.91 Å². The summed E-state index contributed by atoms with van der Waals surface area (Å²) in [6.45, 7) is 2.28. The molecule has 30 heavy (non-hydrogen) atoms. The maximum absolute atomic E-state index is 13.0. The van der Waals surface area contributed by atoms with Crippen molar-refractivity contribution in [3.8, 4) is 0 Å². The van der Waals surface area contributed by atoms with Crippen molar-refractivity contribution in [2.75, 3.05) is 11.4 Å². The fourth-order valence-corrected chi connectivity index (χ4v) is 5.08. The standard InChI is InChI=1S/C23H22N2O3S2/c1-16(22(26)25-12-6-8-17-7-2-4-10-20(17)25)28-23(27)19-9-3-5-11-21(19)30-14-18-13-29-15-24-18/h2-5,7,9-11,13,15-16H,6,8,12,14H2,1H3. The van der Waals surface area contributed by atoms with Crippen LogP contribution in [0.5, 0.6) is 0 Å². The third-order valence-corrected chi connectivity index (χ3v) is 6.72. The molecule has 3 aromatic rings. The van der Waals surface area contributed by atoms with E-state index in [1.165, 1.54) is 11.8 Å². The van der Waals surface area contributed by atoms with E-state index in [0.717, 1.165) is 34.7 Å². The van der Waals surface area contributed by atoms with Gasteiger partial charge in [0.2, 0.25) is 0 Å². The maximum Gasteiger partial charge on any atom is 0.340 e. The van der Waals surface area contributed by atoms with Crippen molar-refractivity contribution >= 4 is 40.7 Å². The highest BCUT2D eigenvalue weighted by Crippen LogP contribution is 2.29. The van der Waals surface area contributed by atoms with Gasteiger partial charge in [-0.05, 0) is 43.5 Å². The lowest BCUT2D eigenvalue weighted by Gasteiger charge is -2.31. The Labute approximate surface area is 184 Å². The molecule has 2 heterocycles. The third kappa shape index (κ3) is 4.57. The van der Waals surface area contributed by atoms with Crippen LogP contribution >= 0.6 is 23.1 Å². The molecule has 1 aliphatic rings. The molecule has 1 aromatic heterocycles. The molecule has 0 spiro atoms. The Morgan fingerprint density at radius 1 is 1.20 bits per heavy atom. The molecule has 0 bridgehead atoms. The summed E-state index contributed by atoms with van der Waals surface area (Å²) in [7, 11) is 0. The van der Waals surface area contributed by atoms with Crippen LogP contribution in [0.1, 0.15) is 35.0 Å². The molecule has 1 unspecified atom stereocenters. The van der Waals surface area contributed by atoms with Crippen molar-refractivity contribution in [2.24, 2.45) is 0 Å². The van der Waals surface area contributed by atoms with E-state index < -0.39 is 12.1 Å². The van der Waals surface area contributed by atoms with Crippen LogP contribution in [0.15, 0.2) is 64.3 Å². The van der Waals surface area contributed by atoms with Crippen molar-refractivity contribution in [2.45, 2.75) is 36.5 Å². The fraction of sp³-hybridized carbons (Fsp3) is 0.261. The number of carbonyl (C=O) groups is 2. The second-order valence-electron chi connectivity index (χ2n) is 7.03. The lowest BCUT2D eigenvalue weighted by molar-refractivity contribution is -0.126. The largest absolute Gasteiger partial charge is 0.449 e. The Balaban J connectivity index is 1.45. The lowest BCUT2D eigenvalue weighted by atomic mass is 10.0. The summed E-state index contributed by atoms with van der Waals surface area (Å²) in [5.74, 6) is -0.00189. The highest BCUT2D eigenvalue weighted by atomic mass is 32.2. The summed E-state index contributed by atoms with van der Waals surface area (Å²) in [4.78, 5) is 32.7. The van der Waals surface area contributed by atoms with Gasteiger partial charge in [-0.3, -0.25) is 4.79 Å². The summed E-state index contributed by atoms with van der Waals surface area (Å²) in [5, 5.41) is 1.99. The second-order valence-corrected chi connectivity index (χ2v) is 8.77.